The summed E-state index contributed by atoms with van der Waals surface area (Å²) >= 11 is 7.29. The molecule has 4 nitrogen and oxygen atoms in total. The normalized spacial score (nSPS) is 16.5. The summed E-state index contributed by atoms with van der Waals surface area (Å²) in [5, 5.41) is 1.29. The molecule has 0 bridgehead atoms. The summed E-state index contributed by atoms with van der Waals surface area (Å²) in [6.07, 6.45) is 1.89. The van der Waals surface area contributed by atoms with E-state index in [1.807, 2.05) is 66.7 Å². The maximum atomic E-state index is 12.6. The lowest BCUT2D eigenvalue weighted by Crippen LogP contribution is -2.23. The number of hydrogen-bond acceptors (Lipinski definition) is 4. The number of aliphatic imine (C=N–C) groups is 1. The van der Waals surface area contributed by atoms with E-state index in [4.69, 9.17) is 16.3 Å². The first-order valence-electron chi connectivity index (χ1n) is 9.30. The largest absolute Gasteiger partial charge is 0.497 e. The summed E-state index contributed by atoms with van der Waals surface area (Å²) < 4.78 is 5.30. The van der Waals surface area contributed by atoms with E-state index >= 15 is 0 Å². The van der Waals surface area contributed by atoms with Crippen LogP contribution in [0, 0.1) is 0 Å². The minimum Gasteiger partial charge on any atom is -0.497 e. The molecule has 6 heteroatoms. The molecule has 1 fully saturated rings. The summed E-state index contributed by atoms with van der Waals surface area (Å²) in [7, 11) is 3.39. The number of likely N-dealkylation sites (N-methyl/N-ethyl adjacent to an activating group) is 1. The Labute approximate surface area is 184 Å². The number of nitrogens with zero attached hydrogens (tertiary/aromatic N) is 2. The number of thioether (sulfide) groups is 1. The van der Waals surface area contributed by atoms with Gasteiger partial charge in [0, 0.05) is 12.1 Å². The Morgan fingerprint density at radius 3 is 2.43 bits per heavy atom. The number of methoxy groups -OCH3 is 1. The Kier molecular flexibility index (Phi) is 5.93. The highest BCUT2D eigenvalue weighted by atomic mass is 35.5. The maximum Gasteiger partial charge on any atom is 0.266 e. The number of carbonyl (C=O) groups excluding carboxylic acids is 1. The van der Waals surface area contributed by atoms with Crippen LogP contribution >= 0.6 is 23.4 Å². The van der Waals surface area contributed by atoms with E-state index in [0.717, 1.165) is 28.1 Å². The molecule has 0 saturated carbocycles. The Morgan fingerprint density at radius 2 is 1.73 bits per heavy atom. The second-order valence-corrected chi connectivity index (χ2v) is 8.15. The van der Waals surface area contributed by atoms with Crippen LogP contribution in [0.1, 0.15) is 5.56 Å². The van der Waals surface area contributed by atoms with Crippen LogP contribution in [0.15, 0.2) is 82.7 Å². The standard InChI is InChI=1S/C24H19ClN2O2S/c1-27-23(28)22(30-24(27)26-20-12-10-19(25)11-13-20)14-16-6-8-17(9-7-16)18-4-3-5-21(15-18)29-2/h3-15H,1-2H3/b22-14-,26-24?. The molecule has 0 unspecified atom stereocenters. The molecule has 1 aliphatic heterocycles. The number of rotatable bonds is 4. The number of ether oxygens (including phenoxy) is 1. The van der Waals surface area contributed by atoms with Gasteiger partial charge in [0.2, 0.25) is 0 Å². The molecule has 0 radical (unpaired) electrons. The van der Waals surface area contributed by atoms with Crippen LogP contribution in [-0.4, -0.2) is 30.1 Å². The third-order valence-corrected chi connectivity index (χ3v) is 5.98. The smallest absolute Gasteiger partial charge is 0.266 e. The highest BCUT2D eigenvalue weighted by Crippen LogP contribution is 2.33. The Morgan fingerprint density at radius 1 is 1.00 bits per heavy atom. The number of halogens is 1. The van der Waals surface area contributed by atoms with Gasteiger partial charge >= 0.3 is 0 Å². The van der Waals surface area contributed by atoms with E-state index in [-0.39, 0.29) is 5.91 Å². The quantitative estimate of drug-likeness (QED) is 0.456. The number of benzene rings is 3. The number of amides is 1. The van der Waals surface area contributed by atoms with E-state index in [1.165, 1.54) is 11.8 Å². The van der Waals surface area contributed by atoms with Crippen molar-refractivity contribution in [3.05, 3.63) is 88.3 Å². The number of carbonyl (C=O) groups is 1. The maximum absolute atomic E-state index is 12.6. The van der Waals surface area contributed by atoms with Crippen molar-refractivity contribution in [1.82, 2.24) is 4.90 Å². The van der Waals surface area contributed by atoms with Gasteiger partial charge in [0.1, 0.15) is 5.75 Å². The van der Waals surface area contributed by atoms with Gasteiger partial charge in [0.15, 0.2) is 5.17 Å². The van der Waals surface area contributed by atoms with Gasteiger partial charge in [-0.2, -0.15) is 0 Å². The van der Waals surface area contributed by atoms with E-state index in [2.05, 4.69) is 4.99 Å². The van der Waals surface area contributed by atoms with Crippen molar-refractivity contribution in [2.24, 2.45) is 4.99 Å². The van der Waals surface area contributed by atoms with E-state index in [9.17, 15) is 4.79 Å². The van der Waals surface area contributed by atoms with E-state index in [1.54, 1.807) is 31.2 Å². The molecule has 3 aromatic rings. The Bertz CT molecular complexity index is 1140. The third kappa shape index (κ3) is 4.42. The van der Waals surface area contributed by atoms with Gasteiger partial charge in [-0.25, -0.2) is 4.99 Å². The van der Waals surface area contributed by atoms with Crippen LogP contribution in [0.3, 0.4) is 0 Å². The van der Waals surface area contributed by atoms with Gasteiger partial charge in [0.25, 0.3) is 5.91 Å². The van der Waals surface area contributed by atoms with Crippen LogP contribution in [0.4, 0.5) is 5.69 Å². The molecular formula is C24H19ClN2O2S. The average Bonchev–Trinajstić information content (AvgIpc) is 3.03. The zero-order valence-electron chi connectivity index (χ0n) is 16.5. The highest BCUT2D eigenvalue weighted by Gasteiger charge is 2.30. The predicted molar refractivity (Wildman–Crippen MR) is 125 cm³/mol. The molecule has 0 N–H and O–H groups in total. The summed E-state index contributed by atoms with van der Waals surface area (Å²) in [6, 6.07) is 23.2. The van der Waals surface area contributed by atoms with Gasteiger partial charge in [-0.3, -0.25) is 9.69 Å². The summed E-state index contributed by atoms with van der Waals surface area (Å²) in [6.45, 7) is 0. The van der Waals surface area contributed by atoms with Crippen LogP contribution in [0.2, 0.25) is 5.02 Å². The average molecular weight is 435 g/mol. The molecule has 1 saturated heterocycles. The third-order valence-electron chi connectivity index (χ3n) is 4.67. The van der Waals surface area contributed by atoms with Gasteiger partial charge in [0.05, 0.1) is 17.7 Å². The zero-order valence-corrected chi connectivity index (χ0v) is 18.1. The minimum absolute atomic E-state index is 0.0652. The zero-order chi connectivity index (χ0) is 21.1. The molecular weight excluding hydrogens is 416 g/mol. The van der Waals surface area contributed by atoms with Crippen LogP contribution in [0.5, 0.6) is 5.75 Å². The van der Waals surface area contributed by atoms with Gasteiger partial charge in [-0.05, 0) is 70.9 Å². The van der Waals surface area contributed by atoms with Crippen LogP contribution < -0.4 is 4.74 Å². The molecule has 4 rings (SSSR count). The molecule has 1 aliphatic rings. The molecule has 1 heterocycles. The fourth-order valence-electron chi connectivity index (χ4n) is 3.00. The molecule has 0 atom stereocenters. The van der Waals surface area contributed by atoms with Crippen molar-refractivity contribution in [2.45, 2.75) is 0 Å². The van der Waals surface area contributed by atoms with Crippen molar-refractivity contribution in [2.75, 3.05) is 14.2 Å². The number of amidine groups is 1. The number of hydrogen-bond donors (Lipinski definition) is 0. The van der Waals surface area contributed by atoms with E-state index in [0.29, 0.717) is 15.1 Å². The van der Waals surface area contributed by atoms with Gasteiger partial charge < -0.3 is 4.74 Å². The van der Waals surface area contributed by atoms with Crippen molar-refractivity contribution >= 4 is 46.2 Å². The molecule has 3 aromatic carbocycles. The van der Waals surface area contributed by atoms with Crippen molar-refractivity contribution in [1.29, 1.82) is 0 Å². The van der Waals surface area contributed by atoms with Crippen LogP contribution in [-0.2, 0) is 4.79 Å². The molecule has 1 amide bonds. The highest BCUT2D eigenvalue weighted by molar-refractivity contribution is 8.18. The van der Waals surface area contributed by atoms with E-state index < -0.39 is 0 Å². The lowest BCUT2D eigenvalue weighted by Gasteiger charge is -2.07. The molecule has 150 valence electrons. The first-order valence-corrected chi connectivity index (χ1v) is 10.5. The summed E-state index contributed by atoms with van der Waals surface area (Å²) in [5.74, 6) is 0.756. The minimum atomic E-state index is -0.0652. The van der Waals surface area contributed by atoms with Gasteiger partial charge in [-0.1, -0.05) is 48.0 Å². The summed E-state index contributed by atoms with van der Waals surface area (Å²) in [5.41, 5.74) is 3.88. The summed E-state index contributed by atoms with van der Waals surface area (Å²) in [4.78, 5) is 19.4. The van der Waals surface area contributed by atoms with Crippen molar-refractivity contribution in [3.63, 3.8) is 0 Å². The topological polar surface area (TPSA) is 41.9 Å². The Balaban J connectivity index is 1.55. The van der Waals surface area contributed by atoms with Crippen molar-refractivity contribution < 1.29 is 9.53 Å². The molecule has 0 aromatic heterocycles. The first kappa shape index (κ1) is 20.3. The predicted octanol–water partition coefficient (Wildman–Crippen LogP) is 6.25. The second-order valence-electron chi connectivity index (χ2n) is 6.70. The molecule has 30 heavy (non-hydrogen) atoms. The second kappa shape index (κ2) is 8.78. The lowest BCUT2D eigenvalue weighted by atomic mass is 10.0. The molecule has 0 spiro atoms. The van der Waals surface area contributed by atoms with Crippen molar-refractivity contribution in [3.8, 4) is 16.9 Å². The Hall–Kier alpha value is -3.02. The SMILES string of the molecule is COc1cccc(-c2ccc(/C=C3\SC(=Nc4ccc(Cl)cc4)N(C)C3=O)cc2)c1. The fraction of sp³-hybridized carbons (Fsp3) is 0.0833. The first-order chi connectivity index (χ1) is 14.5. The molecule has 0 aliphatic carbocycles. The lowest BCUT2D eigenvalue weighted by molar-refractivity contribution is -0.121. The monoisotopic (exact) mass is 434 g/mol. The van der Waals surface area contributed by atoms with Crippen LogP contribution in [0.25, 0.3) is 17.2 Å². The van der Waals surface area contributed by atoms with Gasteiger partial charge in [-0.15, -0.1) is 0 Å². The fourth-order valence-corrected chi connectivity index (χ4v) is 4.12.